The van der Waals surface area contributed by atoms with E-state index in [0.29, 0.717) is 13.0 Å². The van der Waals surface area contributed by atoms with Crippen molar-refractivity contribution in [2.24, 2.45) is 0 Å². The molecule has 0 saturated carbocycles. The summed E-state index contributed by atoms with van der Waals surface area (Å²) in [5.41, 5.74) is 0. The van der Waals surface area contributed by atoms with Crippen LogP contribution >= 0.6 is 0 Å². The number of allylic oxidation sites excluding steroid dienone is 1. The van der Waals surface area contributed by atoms with E-state index in [1.807, 2.05) is 11.9 Å². The molecule has 0 aliphatic rings. The van der Waals surface area contributed by atoms with Crippen LogP contribution in [0.25, 0.3) is 0 Å². The number of ketones is 1. The third-order valence-electron chi connectivity index (χ3n) is 1.67. The molecule has 12 heavy (non-hydrogen) atoms. The van der Waals surface area contributed by atoms with Gasteiger partial charge in [0.25, 0.3) is 0 Å². The van der Waals surface area contributed by atoms with Crippen molar-refractivity contribution in [3.05, 3.63) is 12.7 Å². The molecular formula is C9H17NO2. The maximum absolute atomic E-state index is 10.8. The summed E-state index contributed by atoms with van der Waals surface area (Å²) in [6.45, 7) is 5.08. The fourth-order valence-corrected chi connectivity index (χ4v) is 0.908. The Labute approximate surface area is 73.7 Å². The standard InChI is InChI=1S/C9H17NO2/c1-3-9(12)5-4-6-10(2)7-8-11/h3,11H,1,4-8H2,2H3. The summed E-state index contributed by atoms with van der Waals surface area (Å²) in [5.74, 6) is 0.0902. The van der Waals surface area contributed by atoms with Crippen molar-refractivity contribution >= 4 is 5.78 Å². The number of aliphatic hydroxyl groups excluding tert-OH is 1. The average Bonchev–Trinajstić information content (AvgIpc) is 2.04. The van der Waals surface area contributed by atoms with Crippen molar-refractivity contribution < 1.29 is 9.90 Å². The van der Waals surface area contributed by atoms with Crippen LogP contribution in [0.3, 0.4) is 0 Å². The number of hydrogen-bond donors (Lipinski definition) is 1. The lowest BCUT2D eigenvalue weighted by Gasteiger charge is -2.13. The van der Waals surface area contributed by atoms with E-state index in [-0.39, 0.29) is 12.4 Å². The van der Waals surface area contributed by atoms with E-state index in [2.05, 4.69) is 6.58 Å². The maximum Gasteiger partial charge on any atom is 0.155 e. The Balaban J connectivity index is 3.30. The van der Waals surface area contributed by atoms with Crippen LogP contribution in [0.15, 0.2) is 12.7 Å². The van der Waals surface area contributed by atoms with Crippen LogP contribution in [0, 0.1) is 0 Å². The van der Waals surface area contributed by atoms with E-state index < -0.39 is 0 Å². The van der Waals surface area contributed by atoms with E-state index in [4.69, 9.17) is 5.11 Å². The first kappa shape index (κ1) is 11.3. The van der Waals surface area contributed by atoms with Crippen LogP contribution in [-0.4, -0.2) is 42.5 Å². The van der Waals surface area contributed by atoms with Gasteiger partial charge in [-0.05, 0) is 26.1 Å². The molecule has 3 nitrogen and oxygen atoms in total. The SMILES string of the molecule is C=CC(=O)CCCN(C)CCO. The minimum absolute atomic E-state index is 0.0902. The van der Waals surface area contributed by atoms with Gasteiger partial charge in [-0.1, -0.05) is 6.58 Å². The van der Waals surface area contributed by atoms with Crippen LogP contribution in [0.1, 0.15) is 12.8 Å². The fraction of sp³-hybridized carbons (Fsp3) is 0.667. The minimum atomic E-state index is 0.0902. The summed E-state index contributed by atoms with van der Waals surface area (Å²) in [7, 11) is 1.93. The summed E-state index contributed by atoms with van der Waals surface area (Å²) in [6, 6.07) is 0. The maximum atomic E-state index is 10.8. The molecule has 0 spiro atoms. The summed E-state index contributed by atoms with van der Waals surface area (Å²) >= 11 is 0. The molecule has 0 bridgehead atoms. The smallest absolute Gasteiger partial charge is 0.155 e. The van der Waals surface area contributed by atoms with Gasteiger partial charge in [-0.25, -0.2) is 0 Å². The second-order valence-electron chi connectivity index (χ2n) is 2.80. The average molecular weight is 171 g/mol. The largest absolute Gasteiger partial charge is 0.395 e. The highest BCUT2D eigenvalue weighted by Gasteiger charge is 1.99. The number of rotatable bonds is 7. The zero-order valence-electron chi connectivity index (χ0n) is 7.62. The Morgan fingerprint density at radius 1 is 1.58 bits per heavy atom. The van der Waals surface area contributed by atoms with Gasteiger partial charge in [0.15, 0.2) is 5.78 Å². The Morgan fingerprint density at radius 3 is 2.75 bits per heavy atom. The summed E-state index contributed by atoms with van der Waals surface area (Å²) < 4.78 is 0. The van der Waals surface area contributed by atoms with E-state index in [1.165, 1.54) is 6.08 Å². The van der Waals surface area contributed by atoms with Crippen molar-refractivity contribution in [3.63, 3.8) is 0 Å². The molecule has 0 aromatic rings. The molecule has 0 aliphatic heterocycles. The van der Waals surface area contributed by atoms with Gasteiger partial charge in [0, 0.05) is 13.0 Å². The van der Waals surface area contributed by atoms with E-state index in [9.17, 15) is 4.79 Å². The third-order valence-corrected chi connectivity index (χ3v) is 1.67. The van der Waals surface area contributed by atoms with Gasteiger partial charge >= 0.3 is 0 Å². The van der Waals surface area contributed by atoms with Crippen LogP contribution < -0.4 is 0 Å². The Kier molecular flexibility index (Phi) is 6.61. The van der Waals surface area contributed by atoms with E-state index in [0.717, 1.165) is 13.0 Å². The van der Waals surface area contributed by atoms with Crippen LogP contribution in [0.2, 0.25) is 0 Å². The minimum Gasteiger partial charge on any atom is -0.395 e. The molecule has 70 valence electrons. The molecule has 0 aromatic heterocycles. The van der Waals surface area contributed by atoms with Gasteiger partial charge < -0.3 is 10.0 Å². The molecule has 0 aliphatic carbocycles. The Hall–Kier alpha value is -0.670. The lowest BCUT2D eigenvalue weighted by molar-refractivity contribution is -0.114. The van der Waals surface area contributed by atoms with Gasteiger partial charge in [0.2, 0.25) is 0 Å². The van der Waals surface area contributed by atoms with Crippen LogP contribution in [0.5, 0.6) is 0 Å². The zero-order chi connectivity index (χ0) is 9.40. The molecule has 0 amide bonds. The first-order chi connectivity index (χ1) is 5.70. The first-order valence-corrected chi connectivity index (χ1v) is 4.15. The molecule has 0 radical (unpaired) electrons. The normalized spacial score (nSPS) is 10.2. The van der Waals surface area contributed by atoms with Gasteiger partial charge in [-0.3, -0.25) is 4.79 Å². The molecule has 0 saturated heterocycles. The van der Waals surface area contributed by atoms with Crippen molar-refractivity contribution in [1.82, 2.24) is 4.90 Å². The van der Waals surface area contributed by atoms with Crippen molar-refractivity contribution in [2.45, 2.75) is 12.8 Å². The highest BCUT2D eigenvalue weighted by Crippen LogP contribution is 1.94. The van der Waals surface area contributed by atoms with Gasteiger partial charge in [-0.2, -0.15) is 0 Å². The Morgan fingerprint density at radius 2 is 2.25 bits per heavy atom. The highest BCUT2D eigenvalue weighted by molar-refractivity contribution is 5.88. The molecule has 0 unspecified atom stereocenters. The number of nitrogens with zero attached hydrogens (tertiary/aromatic N) is 1. The zero-order valence-corrected chi connectivity index (χ0v) is 7.62. The van der Waals surface area contributed by atoms with Gasteiger partial charge in [0.05, 0.1) is 6.61 Å². The molecule has 0 fully saturated rings. The quantitative estimate of drug-likeness (QED) is 0.565. The third kappa shape index (κ3) is 6.07. The molecular weight excluding hydrogens is 154 g/mol. The number of aliphatic hydroxyl groups is 1. The number of likely N-dealkylation sites (N-methyl/N-ethyl adjacent to an activating group) is 1. The molecule has 3 heteroatoms. The van der Waals surface area contributed by atoms with Crippen molar-refractivity contribution in [1.29, 1.82) is 0 Å². The van der Waals surface area contributed by atoms with Crippen molar-refractivity contribution in [3.8, 4) is 0 Å². The van der Waals surface area contributed by atoms with E-state index >= 15 is 0 Å². The second kappa shape index (κ2) is 7.00. The first-order valence-electron chi connectivity index (χ1n) is 4.15. The number of carbonyl (C=O) groups is 1. The van der Waals surface area contributed by atoms with E-state index in [1.54, 1.807) is 0 Å². The molecule has 1 N–H and O–H groups in total. The topological polar surface area (TPSA) is 40.5 Å². The summed E-state index contributed by atoms with van der Waals surface area (Å²) in [6.07, 6.45) is 2.74. The fourth-order valence-electron chi connectivity index (χ4n) is 0.908. The monoisotopic (exact) mass is 171 g/mol. The molecule has 0 heterocycles. The molecule has 0 aromatic carbocycles. The van der Waals surface area contributed by atoms with Crippen molar-refractivity contribution in [2.75, 3.05) is 26.7 Å². The van der Waals surface area contributed by atoms with Crippen LogP contribution in [-0.2, 0) is 4.79 Å². The van der Waals surface area contributed by atoms with Gasteiger partial charge in [-0.15, -0.1) is 0 Å². The lowest BCUT2D eigenvalue weighted by atomic mass is 10.2. The molecule has 0 rings (SSSR count). The highest BCUT2D eigenvalue weighted by atomic mass is 16.3. The predicted octanol–water partition coefficient (Wildman–Crippen LogP) is 0.446. The van der Waals surface area contributed by atoms with Crippen LogP contribution in [0.4, 0.5) is 0 Å². The number of hydrogen-bond acceptors (Lipinski definition) is 3. The second-order valence-corrected chi connectivity index (χ2v) is 2.80. The van der Waals surface area contributed by atoms with Gasteiger partial charge in [0.1, 0.15) is 0 Å². The summed E-state index contributed by atoms with van der Waals surface area (Å²) in [5, 5.41) is 8.57. The number of carbonyl (C=O) groups excluding carboxylic acids is 1. The summed E-state index contributed by atoms with van der Waals surface area (Å²) in [4.78, 5) is 12.8. The molecule has 0 atom stereocenters. The predicted molar refractivity (Wildman–Crippen MR) is 49.0 cm³/mol. The Bertz CT molecular complexity index is 145. The lowest BCUT2D eigenvalue weighted by Crippen LogP contribution is -2.23.